The van der Waals surface area contributed by atoms with Crippen LogP contribution in [0.2, 0.25) is 0 Å². The highest BCUT2D eigenvalue weighted by Gasteiger charge is 2.53. The summed E-state index contributed by atoms with van der Waals surface area (Å²) in [4.78, 5) is 24.3. The number of nitrogens with one attached hydrogen (secondary N) is 1. The third-order valence-electron chi connectivity index (χ3n) is 4.79. The lowest BCUT2D eigenvalue weighted by molar-refractivity contribution is -0.187. The van der Waals surface area contributed by atoms with Crippen LogP contribution in [0.5, 0.6) is 0 Å². The van der Waals surface area contributed by atoms with Crippen LogP contribution in [-0.4, -0.2) is 41.3 Å². The summed E-state index contributed by atoms with van der Waals surface area (Å²) in [5.41, 5.74) is 1.97. The van der Waals surface area contributed by atoms with Gasteiger partial charge in [-0.25, -0.2) is 4.79 Å². The van der Waals surface area contributed by atoms with Crippen LogP contribution in [0.4, 0.5) is 18.0 Å². The van der Waals surface area contributed by atoms with Gasteiger partial charge in [0.1, 0.15) is 0 Å². The normalized spacial score (nSPS) is 21.7. The van der Waals surface area contributed by atoms with Crippen molar-refractivity contribution in [2.24, 2.45) is 11.8 Å². The van der Waals surface area contributed by atoms with E-state index in [0.717, 1.165) is 16.0 Å². The van der Waals surface area contributed by atoms with E-state index in [9.17, 15) is 22.8 Å². The van der Waals surface area contributed by atoms with Crippen molar-refractivity contribution in [3.63, 3.8) is 0 Å². The molecule has 5 nitrogen and oxygen atoms in total. The van der Waals surface area contributed by atoms with E-state index in [1.54, 1.807) is 6.92 Å². The molecule has 0 aliphatic carbocycles. The van der Waals surface area contributed by atoms with Crippen molar-refractivity contribution in [3.05, 3.63) is 35.4 Å². The Hall–Kier alpha value is -2.25. The number of hydrogen-bond donors (Lipinski definition) is 2. The molecule has 0 aromatic heterocycles. The zero-order valence-corrected chi connectivity index (χ0v) is 14.9. The van der Waals surface area contributed by atoms with Crippen molar-refractivity contribution in [3.8, 4) is 0 Å². The smallest absolute Gasteiger partial charge is 0.394 e. The highest BCUT2D eigenvalue weighted by molar-refractivity contribution is 5.78. The Bertz CT molecular complexity index is 659. The maximum Gasteiger partial charge on any atom is 0.394 e. The molecular weight excluding hydrogens is 349 g/mol. The Labute approximate surface area is 150 Å². The van der Waals surface area contributed by atoms with Crippen LogP contribution >= 0.6 is 0 Å². The molecule has 1 saturated heterocycles. The van der Waals surface area contributed by atoms with Crippen molar-refractivity contribution in [1.82, 2.24) is 10.2 Å². The average molecular weight is 372 g/mol. The molecular formula is C18H23F3N2O3. The second kappa shape index (κ2) is 7.55. The summed E-state index contributed by atoms with van der Waals surface area (Å²) in [5.74, 6) is -4.86. The highest BCUT2D eigenvalue weighted by Crippen LogP contribution is 2.37. The fraction of sp³-hybridized carbons (Fsp3) is 0.556. The van der Waals surface area contributed by atoms with Crippen LogP contribution in [0.25, 0.3) is 0 Å². The lowest BCUT2D eigenvalue weighted by atomic mass is 9.96. The maximum absolute atomic E-state index is 13.0. The summed E-state index contributed by atoms with van der Waals surface area (Å²) in [6.45, 7) is 4.75. The van der Waals surface area contributed by atoms with Crippen LogP contribution in [0, 0.1) is 11.8 Å². The van der Waals surface area contributed by atoms with Crippen LogP contribution in [0.1, 0.15) is 43.9 Å². The van der Waals surface area contributed by atoms with Gasteiger partial charge in [-0.05, 0) is 24.0 Å². The minimum Gasteiger partial charge on any atom is -0.481 e. The van der Waals surface area contributed by atoms with Gasteiger partial charge in [-0.2, -0.15) is 13.2 Å². The van der Waals surface area contributed by atoms with Crippen LogP contribution < -0.4 is 5.32 Å². The van der Waals surface area contributed by atoms with Gasteiger partial charge in [0.05, 0.1) is 17.9 Å². The molecule has 2 amide bonds. The highest BCUT2D eigenvalue weighted by atomic mass is 19.4. The minimum atomic E-state index is -4.66. The SMILES string of the molecule is CC(C)c1ccc(C(C)NC(=O)N2C[C@@H](C(F)(F)F)[C@H](C(=O)O)C2)cc1. The molecule has 2 rings (SSSR count). The fourth-order valence-corrected chi connectivity index (χ4v) is 3.08. The summed E-state index contributed by atoms with van der Waals surface area (Å²) < 4.78 is 39.0. The average Bonchev–Trinajstić information content (AvgIpc) is 3.01. The first-order valence-electron chi connectivity index (χ1n) is 8.45. The Morgan fingerprint density at radius 3 is 2.08 bits per heavy atom. The third kappa shape index (κ3) is 4.47. The number of amides is 2. The van der Waals surface area contributed by atoms with E-state index in [-0.39, 0.29) is 0 Å². The topological polar surface area (TPSA) is 69.6 Å². The van der Waals surface area contributed by atoms with E-state index in [2.05, 4.69) is 19.2 Å². The first-order valence-corrected chi connectivity index (χ1v) is 8.45. The van der Waals surface area contributed by atoms with Gasteiger partial charge in [0.25, 0.3) is 0 Å². The van der Waals surface area contributed by atoms with Gasteiger partial charge >= 0.3 is 18.2 Å². The van der Waals surface area contributed by atoms with Crippen molar-refractivity contribution in [2.45, 2.75) is 38.9 Å². The van der Waals surface area contributed by atoms with E-state index >= 15 is 0 Å². The molecule has 1 aliphatic heterocycles. The summed E-state index contributed by atoms with van der Waals surface area (Å²) in [6.07, 6.45) is -4.66. The molecule has 0 saturated carbocycles. The number of likely N-dealkylation sites (tertiary alicyclic amines) is 1. The molecule has 1 aromatic carbocycles. The predicted molar refractivity (Wildman–Crippen MR) is 89.7 cm³/mol. The number of carbonyl (C=O) groups excluding carboxylic acids is 1. The Balaban J connectivity index is 2.04. The van der Waals surface area contributed by atoms with Crippen molar-refractivity contribution in [1.29, 1.82) is 0 Å². The summed E-state index contributed by atoms with van der Waals surface area (Å²) in [7, 11) is 0. The zero-order chi connectivity index (χ0) is 19.6. The zero-order valence-electron chi connectivity index (χ0n) is 14.9. The number of nitrogens with zero attached hydrogens (tertiary/aromatic N) is 1. The molecule has 144 valence electrons. The number of urea groups is 1. The third-order valence-corrected chi connectivity index (χ3v) is 4.79. The number of alkyl halides is 3. The van der Waals surface area contributed by atoms with E-state index in [4.69, 9.17) is 5.11 Å². The number of aliphatic carboxylic acids is 1. The van der Waals surface area contributed by atoms with E-state index in [1.807, 2.05) is 24.3 Å². The number of rotatable bonds is 4. The van der Waals surface area contributed by atoms with Crippen molar-refractivity contribution < 1.29 is 27.9 Å². The Kier molecular flexibility index (Phi) is 5.83. The van der Waals surface area contributed by atoms with E-state index < -0.39 is 49.1 Å². The van der Waals surface area contributed by atoms with Gasteiger partial charge < -0.3 is 15.3 Å². The van der Waals surface area contributed by atoms with Gasteiger partial charge in [0.15, 0.2) is 0 Å². The lowest BCUT2D eigenvalue weighted by Gasteiger charge is -2.22. The quantitative estimate of drug-likeness (QED) is 0.845. The summed E-state index contributed by atoms with van der Waals surface area (Å²) in [6, 6.07) is 6.52. The lowest BCUT2D eigenvalue weighted by Crippen LogP contribution is -2.40. The molecule has 0 radical (unpaired) electrons. The summed E-state index contributed by atoms with van der Waals surface area (Å²) >= 11 is 0. The molecule has 1 aliphatic rings. The monoisotopic (exact) mass is 372 g/mol. The largest absolute Gasteiger partial charge is 0.481 e. The molecule has 1 unspecified atom stereocenters. The van der Waals surface area contributed by atoms with Gasteiger partial charge in [-0.15, -0.1) is 0 Å². The van der Waals surface area contributed by atoms with Crippen molar-refractivity contribution in [2.75, 3.05) is 13.1 Å². The number of hydrogen-bond acceptors (Lipinski definition) is 2. The van der Waals surface area contributed by atoms with Crippen LogP contribution in [0.15, 0.2) is 24.3 Å². The second-order valence-corrected chi connectivity index (χ2v) is 6.99. The van der Waals surface area contributed by atoms with Gasteiger partial charge in [-0.3, -0.25) is 4.79 Å². The molecule has 1 fully saturated rings. The van der Waals surface area contributed by atoms with E-state index in [1.165, 1.54) is 0 Å². The van der Waals surface area contributed by atoms with E-state index in [0.29, 0.717) is 5.92 Å². The molecule has 0 spiro atoms. The first kappa shape index (κ1) is 20.1. The Morgan fingerprint density at radius 1 is 1.12 bits per heavy atom. The molecule has 2 N–H and O–H groups in total. The standard InChI is InChI=1S/C18H23F3N2O3/c1-10(2)12-4-6-13(7-5-12)11(3)22-17(26)23-8-14(16(24)25)15(9-23)18(19,20)21/h4-7,10-11,14-15H,8-9H2,1-3H3,(H,22,26)(H,24,25)/t11?,14-,15-/m1/s1. The number of benzene rings is 1. The first-order chi connectivity index (χ1) is 12.0. The second-order valence-electron chi connectivity index (χ2n) is 6.99. The molecule has 0 bridgehead atoms. The minimum absolute atomic E-state index is 0.366. The number of carboxylic acid groups (broad SMARTS) is 1. The molecule has 1 heterocycles. The molecule has 8 heteroatoms. The molecule has 26 heavy (non-hydrogen) atoms. The van der Waals surface area contributed by atoms with Crippen molar-refractivity contribution >= 4 is 12.0 Å². The number of carboxylic acids is 1. The fourth-order valence-electron chi connectivity index (χ4n) is 3.08. The molecule has 1 aromatic rings. The maximum atomic E-state index is 13.0. The summed E-state index contributed by atoms with van der Waals surface area (Å²) in [5, 5.41) is 11.7. The van der Waals surface area contributed by atoms with Gasteiger partial charge in [0.2, 0.25) is 0 Å². The van der Waals surface area contributed by atoms with Crippen LogP contribution in [0.3, 0.4) is 0 Å². The van der Waals surface area contributed by atoms with Crippen LogP contribution in [-0.2, 0) is 4.79 Å². The molecule has 3 atom stereocenters. The Morgan fingerprint density at radius 2 is 1.65 bits per heavy atom. The van der Waals surface area contributed by atoms with Gasteiger partial charge in [-0.1, -0.05) is 38.1 Å². The predicted octanol–water partition coefficient (Wildman–Crippen LogP) is 3.78. The number of halogens is 3. The number of carbonyl (C=O) groups is 2. The van der Waals surface area contributed by atoms with Gasteiger partial charge in [0, 0.05) is 13.1 Å².